The molecule has 0 radical (unpaired) electrons. The molecule has 1 amide bonds. The number of amides is 1. The lowest BCUT2D eigenvalue weighted by Gasteiger charge is -2.57. The summed E-state index contributed by atoms with van der Waals surface area (Å²) in [5.41, 5.74) is 5.20. The van der Waals surface area contributed by atoms with Gasteiger partial charge in [-0.3, -0.25) is 9.56 Å². The highest BCUT2D eigenvalue weighted by Crippen LogP contribution is 2.53. The van der Waals surface area contributed by atoms with Gasteiger partial charge in [-0.25, -0.2) is 4.79 Å². The van der Waals surface area contributed by atoms with Crippen LogP contribution < -0.4 is 0 Å². The normalized spacial score (nSPS) is 19.9. The molecule has 40 heavy (non-hydrogen) atoms. The number of rotatable bonds is 1. The van der Waals surface area contributed by atoms with Gasteiger partial charge >= 0.3 is 6.09 Å². The number of nitrogens with zero attached hydrogens (tertiary/aromatic N) is 5. The van der Waals surface area contributed by atoms with Crippen LogP contribution in [-0.4, -0.2) is 50.2 Å². The van der Waals surface area contributed by atoms with Crippen LogP contribution in [-0.2, 0) is 10.3 Å². The summed E-state index contributed by atoms with van der Waals surface area (Å²) in [7, 11) is 0. The van der Waals surface area contributed by atoms with Gasteiger partial charge in [0.15, 0.2) is 5.82 Å². The van der Waals surface area contributed by atoms with Crippen LogP contribution in [0.15, 0.2) is 29.3 Å². The van der Waals surface area contributed by atoms with Crippen LogP contribution in [0.1, 0.15) is 85.2 Å². The molecule has 3 fully saturated rings. The summed E-state index contributed by atoms with van der Waals surface area (Å²) in [4.78, 5) is 20.8. The molecule has 1 saturated heterocycles. The Morgan fingerprint density at radius 1 is 1.07 bits per heavy atom. The van der Waals surface area contributed by atoms with Crippen molar-refractivity contribution >= 4 is 23.1 Å². The van der Waals surface area contributed by atoms with E-state index in [1.54, 1.807) is 11.3 Å². The van der Waals surface area contributed by atoms with E-state index in [0.717, 1.165) is 67.3 Å². The van der Waals surface area contributed by atoms with Crippen LogP contribution in [0.2, 0.25) is 0 Å². The van der Waals surface area contributed by atoms with Crippen molar-refractivity contribution in [2.75, 3.05) is 13.1 Å². The number of hydrogen-bond donors (Lipinski definition) is 0. The van der Waals surface area contributed by atoms with Crippen molar-refractivity contribution < 1.29 is 9.53 Å². The van der Waals surface area contributed by atoms with E-state index in [1.807, 2.05) is 32.6 Å². The van der Waals surface area contributed by atoms with Crippen molar-refractivity contribution in [2.24, 2.45) is 16.3 Å². The highest BCUT2D eigenvalue weighted by molar-refractivity contribution is 7.15. The molecule has 0 bridgehead atoms. The highest BCUT2D eigenvalue weighted by Gasteiger charge is 2.54. The van der Waals surface area contributed by atoms with Crippen LogP contribution in [0.5, 0.6) is 0 Å². The lowest BCUT2D eigenvalue weighted by atomic mass is 9.58. The fourth-order valence-electron chi connectivity index (χ4n) is 6.40. The molecule has 4 heterocycles. The summed E-state index contributed by atoms with van der Waals surface area (Å²) >= 11 is 1.80. The smallest absolute Gasteiger partial charge is 0.410 e. The van der Waals surface area contributed by atoms with Crippen molar-refractivity contribution in [1.82, 2.24) is 19.7 Å². The SMILES string of the molecule is Cc1sc2c(c1C)C(c1ccc(C#CC3CC4(C3)CN(C(=O)OC(C)(C)C)C4)cc1)=NC1(CC1)c1nnc(C)n1-2. The van der Waals surface area contributed by atoms with Crippen LogP contribution in [0.3, 0.4) is 0 Å². The molecule has 0 atom stereocenters. The van der Waals surface area contributed by atoms with Crippen LogP contribution in [0.25, 0.3) is 5.00 Å². The van der Waals surface area contributed by atoms with Gasteiger partial charge in [0.25, 0.3) is 0 Å². The number of benzene rings is 1. The van der Waals surface area contributed by atoms with Crippen molar-refractivity contribution in [2.45, 2.75) is 78.4 Å². The molecule has 2 spiro atoms. The minimum absolute atomic E-state index is 0.199. The van der Waals surface area contributed by atoms with Crippen LogP contribution >= 0.6 is 11.3 Å². The Kier molecular flexibility index (Phi) is 5.44. The van der Waals surface area contributed by atoms with Gasteiger partial charge in [-0.2, -0.15) is 0 Å². The Morgan fingerprint density at radius 3 is 2.42 bits per heavy atom. The topological polar surface area (TPSA) is 72.6 Å². The van der Waals surface area contributed by atoms with E-state index in [2.05, 4.69) is 64.7 Å². The van der Waals surface area contributed by atoms with Crippen molar-refractivity contribution in [3.05, 3.63) is 63.0 Å². The largest absolute Gasteiger partial charge is 0.444 e. The zero-order valence-corrected chi connectivity index (χ0v) is 24.9. The molecule has 0 N–H and O–H groups in total. The van der Waals surface area contributed by atoms with Crippen molar-refractivity contribution in [3.8, 4) is 16.8 Å². The maximum absolute atomic E-state index is 12.3. The zero-order chi connectivity index (χ0) is 28.0. The van der Waals surface area contributed by atoms with E-state index in [1.165, 1.54) is 21.0 Å². The molecule has 1 aromatic carbocycles. The lowest BCUT2D eigenvalue weighted by Crippen LogP contribution is -2.64. The monoisotopic (exact) mass is 553 g/mol. The zero-order valence-electron chi connectivity index (χ0n) is 24.1. The van der Waals surface area contributed by atoms with Crippen LogP contribution in [0, 0.1) is 43.9 Å². The van der Waals surface area contributed by atoms with Gasteiger partial charge in [0.05, 0.1) is 5.71 Å². The van der Waals surface area contributed by atoms with Gasteiger partial charge in [0.1, 0.15) is 22.0 Å². The average Bonchev–Trinajstić information content (AvgIpc) is 3.46. The molecule has 0 unspecified atom stereocenters. The quantitative estimate of drug-likeness (QED) is 0.342. The Labute approximate surface area is 239 Å². The Balaban J connectivity index is 1.07. The molecule has 4 aliphatic rings. The Bertz CT molecular complexity index is 1620. The molecule has 2 aliphatic heterocycles. The lowest BCUT2D eigenvalue weighted by molar-refractivity contribution is -0.0832. The summed E-state index contributed by atoms with van der Waals surface area (Å²) in [5.74, 6) is 9.17. The third-order valence-corrected chi connectivity index (χ3v) is 9.93. The molecular formula is C32H35N5O2S. The standard InChI is InChI=1S/C32H35N5O2S/c1-19-20(2)40-27-25(19)26(33-32(13-14-32)28-35-34-21(3)37(27)28)24-11-9-22(10-12-24)7-8-23-15-31(16-23)17-36(18-31)29(38)39-30(4,5)6/h9-12,23H,13-18H2,1-6H3. The Morgan fingerprint density at radius 2 is 1.77 bits per heavy atom. The maximum Gasteiger partial charge on any atom is 0.410 e. The van der Waals surface area contributed by atoms with E-state index in [4.69, 9.17) is 9.73 Å². The maximum atomic E-state index is 12.3. The predicted octanol–water partition coefficient (Wildman–Crippen LogP) is 6.09. The third kappa shape index (κ3) is 4.09. The van der Waals surface area contributed by atoms with Gasteiger partial charge in [-0.1, -0.05) is 24.0 Å². The Hall–Kier alpha value is -3.44. The molecule has 206 valence electrons. The summed E-state index contributed by atoms with van der Waals surface area (Å²) in [5, 5.41) is 10.2. The number of aryl methyl sites for hydroxylation is 2. The second kappa shape index (κ2) is 8.53. The van der Waals surface area contributed by atoms with Gasteiger partial charge in [0.2, 0.25) is 0 Å². The second-order valence-electron chi connectivity index (χ2n) is 13.1. The molecule has 2 aliphatic carbocycles. The summed E-state index contributed by atoms with van der Waals surface area (Å²) in [6, 6.07) is 8.58. The molecule has 2 aromatic heterocycles. The number of ether oxygens (including phenoxy) is 1. The first kappa shape index (κ1) is 25.5. The summed E-state index contributed by atoms with van der Waals surface area (Å²) in [6.45, 7) is 13.7. The van der Waals surface area contributed by atoms with E-state index in [0.29, 0.717) is 5.92 Å². The predicted molar refractivity (Wildman–Crippen MR) is 156 cm³/mol. The van der Waals surface area contributed by atoms with E-state index < -0.39 is 5.60 Å². The average molecular weight is 554 g/mol. The van der Waals surface area contributed by atoms with Crippen molar-refractivity contribution in [1.29, 1.82) is 0 Å². The van der Waals surface area contributed by atoms with Gasteiger partial charge < -0.3 is 9.64 Å². The van der Waals surface area contributed by atoms with E-state index in [9.17, 15) is 4.79 Å². The number of carbonyl (C=O) groups is 1. The molecule has 2 saturated carbocycles. The number of thiophene rings is 1. The van der Waals surface area contributed by atoms with Gasteiger partial charge in [-0.15, -0.1) is 21.5 Å². The number of hydrogen-bond acceptors (Lipinski definition) is 6. The van der Waals surface area contributed by atoms with Gasteiger partial charge in [-0.05, 0) is 84.9 Å². The van der Waals surface area contributed by atoms with Gasteiger partial charge in [0, 0.05) is 46.0 Å². The molecule has 7 rings (SSSR count). The first-order chi connectivity index (χ1) is 19.0. The number of carbonyl (C=O) groups excluding carboxylic acids is 1. The number of fused-ring (bicyclic) bond motifs is 4. The number of likely N-dealkylation sites (tertiary alicyclic amines) is 1. The molecule has 3 aromatic rings. The molecular weight excluding hydrogens is 518 g/mol. The highest BCUT2D eigenvalue weighted by atomic mass is 32.1. The fraction of sp³-hybridized carbons (Fsp3) is 0.500. The first-order valence-corrected chi connectivity index (χ1v) is 15.0. The minimum atomic E-state index is -0.450. The second-order valence-corrected chi connectivity index (χ2v) is 14.4. The van der Waals surface area contributed by atoms with E-state index in [-0.39, 0.29) is 17.0 Å². The van der Waals surface area contributed by atoms with Crippen LogP contribution in [0.4, 0.5) is 4.79 Å². The number of aliphatic imine (C=N–C) groups is 1. The number of aromatic nitrogens is 3. The van der Waals surface area contributed by atoms with Crippen molar-refractivity contribution in [3.63, 3.8) is 0 Å². The molecule has 8 heteroatoms. The minimum Gasteiger partial charge on any atom is -0.444 e. The summed E-state index contributed by atoms with van der Waals surface area (Å²) < 4.78 is 7.74. The van der Waals surface area contributed by atoms with E-state index >= 15 is 0 Å². The summed E-state index contributed by atoms with van der Waals surface area (Å²) in [6.07, 6.45) is 3.92. The first-order valence-electron chi connectivity index (χ1n) is 14.2. The third-order valence-electron chi connectivity index (χ3n) is 8.74. The fourth-order valence-corrected chi connectivity index (χ4v) is 7.60. The molecule has 7 nitrogen and oxygen atoms in total.